The Hall–Kier alpha value is -1.55. The third-order valence-corrected chi connectivity index (χ3v) is 9.49. The Kier molecular flexibility index (Phi) is 16.3. The second-order valence-electron chi connectivity index (χ2n) is 13.3. The normalized spacial score (nSPS) is 43.6. The van der Waals surface area contributed by atoms with E-state index in [0.29, 0.717) is 19.6 Å². The Morgan fingerprint density at radius 3 is 2.18 bits per heavy atom. The zero-order valence-electron chi connectivity index (χ0n) is 28.4. The molecule has 2 saturated heterocycles. The standard InChI is InChI=1S/C30H58N8O13/c31-5-1-7-37-10-12-2-3-13(34)28(46-12)49-24-14(35)8-15(38-27(45)16(40)4-6-32)20(41)26(24)51-30-23(44)25(18(11-39)48-30)50-29-19(36)22(43)21(42)17(9-33)47-29/h2-3,12-26,28-30,37,39-44H,1,4-11,31-36H2,(H,38,45)/t12-,13+,14-,15+,16?,17-,18+,19+,20-,21+,22+,23+,24+,25+,26+,28+,29+,30-/m0/s1. The first-order chi connectivity index (χ1) is 24.3. The molecule has 21 heteroatoms. The Bertz CT molecular complexity index is 1100. The molecule has 1 unspecified atom stereocenters. The predicted molar refractivity (Wildman–Crippen MR) is 177 cm³/mol. The van der Waals surface area contributed by atoms with Gasteiger partial charge in [-0.2, -0.15) is 0 Å². The van der Waals surface area contributed by atoms with Gasteiger partial charge in [-0.1, -0.05) is 12.2 Å². The van der Waals surface area contributed by atoms with E-state index in [9.17, 15) is 35.4 Å². The highest BCUT2D eigenvalue weighted by Crippen LogP contribution is 2.34. The van der Waals surface area contributed by atoms with Crippen molar-refractivity contribution in [2.24, 2.45) is 34.4 Å². The fourth-order valence-corrected chi connectivity index (χ4v) is 6.51. The van der Waals surface area contributed by atoms with E-state index in [-0.39, 0.29) is 25.9 Å². The van der Waals surface area contributed by atoms with Crippen LogP contribution >= 0.6 is 0 Å². The summed E-state index contributed by atoms with van der Waals surface area (Å²) in [6.07, 6.45) is -13.9. The summed E-state index contributed by atoms with van der Waals surface area (Å²) in [5, 5.41) is 69.8. The molecule has 0 aromatic rings. The number of aliphatic hydroxyl groups is 6. The molecule has 0 aromatic heterocycles. The zero-order valence-corrected chi connectivity index (χ0v) is 28.4. The van der Waals surface area contributed by atoms with Gasteiger partial charge in [-0.25, -0.2) is 0 Å². The largest absolute Gasteiger partial charge is 0.394 e. The first kappa shape index (κ1) is 42.2. The molecule has 3 aliphatic heterocycles. The van der Waals surface area contributed by atoms with E-state index in [0.717, 1.165) is 6.42 Å². The van der Waals surface area contributed by atoms with Crippen molar-refractivity contribution in [1.29, 1.82) is 0 Å². The highest BCUT2D eigenvalue weighted by molar-refractivity contribution is 5.80. The van der Waals surface area contributed by atoms with Crippen molar-refractivity contribution in [1.82, 2.24) is 10.6 Å². The van der Waals surface area contributed by atoms with Gasteiger partial charge in [-0.3, -0.25) is 4.79 Å². The highest BCUT2D eigenvalue weighted by atomic mass is 16.8. The molecule has 4 rings (SSSR count). The van der Waals surface area contributed by atoms with E-state index in [4.69, 9.17) is 62.8 Å². The minimum Gasteiger partial charge on any atom is -0.394 e. The molecule has 0 aromatic carbocycles. The minimum absolute atomic E-state index is 0.0263. The van der Waals surface area contributed by atoms with Crippen molar-refractivity contribution < 1.29 is 63.9 Å². The molecule has 0 radical (unpaired) electrons. The number of hydrogen-bond acceptors (Lipinski definition) is 20. The van der Waals surface area contributed by atoms with Gasteiger partial charge in [0.25, 0.3) is 0 Å². The number of amides is 1. The maximum Gasteiger partial charge on any atom is 0.249 e. The summed E-state index contributed by atoms with van der Waals surface area (Å²) in [5.74, 6) is -0.791. The molecule has 3 heterocycles. The Morgan fingerprint density at radius 1 is 0.824 bits per heavy atom. The van der Waals surface area contributed by atoms with Gasteiger partial charge in [0, 0.05) is 19.1 Å². The fraction of sp³-hybridized carbons (Fsp3) is 0.900. The number of aliphatic hydroxyl groups excluding tert-OH is 6. The van der Waals surface area contributed by atoms with E-state index in [1.54, 1.807) is 12.2 Å². The van der Waals surface area contributed by atoms with Crippen LogP contribution in [-0.4, -0.2) is 186 Å². The topological polar surface area (TPSA) is 374 Å². The average molecular weight is 739 g/mol. The Morgan fingerprint density at radius 2 is 1.51 bits per heavy atom. The second-order valence-corrected chi connectivity index (χ2v) is 13.3. The molecule has 51 heavy (non-hydrogen) atoms. The van der Waals surface area contributed by atoms with Gasteiger partial charge in [-0.15, -0.1) is 0 Å². The number of nitrogens with two attached hydrogens (primary N) is 6. The highest BCUT2D eigenvalue weighted by Gasteiger charge is 2.54. The summed E-state index contributed by atoms with van der Waals surface area (Å²) >= 11 is 0. The van der Waals surface area contributed by atoms with E-state index in [2.05, 4.69) is 10.6 Å². The van der Waals surface area contributed by atoms with Crippen LogP contribution in [0.15, 0.2) is 12.2 Å². The van der Waals surface area contributed by atoms with E-state index >= 15 is 0 Å². The van der Waals surface area contributed by atoms with Crippen molar-refractivity contribution in [2.45, 2.75) is 129 Å². The molecule has 1 saturated carbocycles. The van der Waals surface area contributed by atoms with Gasteiger partial charge < -0.3 is 104 Å². The number of carbonyl (C=O) groups is 1. The van der Waals surface area contributed by atoms with Crippen LogP contribution in [0.3, 0.4) is 0 Å². The predicted octanol–water partition coefficient (Wildman–Crippen LogP) is -8.21. The molecule has 0 spiro atoms. The number of carbonyl (C=O) groups excluding carboxylic acids is 1. The van der Waals surface area contributed by atoms with Crippen LogP contribution in [0.5, 0.6) is 0 Å². The van der Waals surface area contributed by atoms with Crippen LogP contribution in [0.25, 0.3) is 0 Å². The first-order valence-corrected chi connectivity index (χ1v) is 17.3. The van der Waals surface area contributed by atoms with Crippen LogP contribution in [0.1, 0.15) is 19.3 Å². The lowest BCUT2D eigenvalue weighted by atomic mass is 9.83. The van der Waals surface area contributed by atoms with Crippen molar-refractivity contribution >= 4 is 5.91 Å². The molecular weight excluding hydrogens is 680 g/mol. The number of rotatable bonds is 17. The molecule has 21 nitrogen and oxygen atoms in total. The lowest BCUT2D eigenvalue weighted by Gasteiger charge is -2.46. The number of hydrogen-bond donors (Lipinski definition) is 14. The van der Waals surface area contributed by atoms with Crippen LogP contribution < -0.4 is 45.0 Å². The zero-order chi connectivity index (χ0) is 37.4. The van der Waals surface area contributed by atoms with Gasteiger partial charge >= 0.3 is 0 Å². The van der Waals surface area contributed by atoms with Crippen LogP contribution in [0.2, 0.25) is 0 Å². The third-order valence-electron chi connectivity index (χ3n) is 9.49. The molecule has 18 atom stereocenters. The lowest BCUT2D eigenvalue weighted by molar-refractivity contribution is -0.284. The molecule has 1 amide bonds. The summed E-state index contributed by atoms with van der Waals surface area (Å²) in [7, 11) is 0. The SMILES string of the molecule is NCCCNC[C@@H]1C=C[C@@H](N)[C@@H](O[C@H]2[C@H](O[C@@H]3O[C@H](CO)[C@@H](O[C@H]4O[C@@H](CN)[C@@H](O)[C@H](O)[C@H]4N)[C@H]3O)[C@@H](O)[C@H](NC(=O)C(O)CCN)C[C@@H]2N)O1. The van der Waals surface area contributed by atoms with Gasteiger partial charge in [0.2, 0.25) is 5.91 Å². The van der Waals surface area contributed by atoms with Gasteiger partial charge in [0.1, 0.15) is 61.0 Å². The maximum atomic E-state index is 12.7. The monoisotopic (exact) mass is 738 g/mol. The van der Waals surface area contributed by atoms with Gasteiger partial charge in [0.05, 0.1) is 30.8 Å². The van der Waals surface area contributed by atoms with Gasteiger partial charge in [-0.05, 0) is 38.9 Å². The molecule has 4 aliphatic rings. The van der Waals surface area contributed by atoms with E-state index < -0.39 is 123 Å². The van der Waals surface area contributed by atoms with Crippen molar-refractivity contribution in [3.8, 4) is 0 Å². The maximum absolute atomic E-state index is 12.7. The quantitative estimate of drug-likeness (QED) is 0.0486. The first-order valence-electron chi connectivity index (χ1n) is 17.3. The van der Waals surface area contributed by atoms with E-state index in [1.165, 1.54) is 0 Å². The van der Waals surface area contributed by atoms with Crippen LogP contribution in [0, 0.1) is 0 Å². The molecule has 296 valence electrons. The van der Waals surface area contributed by atoms with Crippen LogP contribution in [-0.2, 0) is 33.2 Å². The van der Waals surface area contributed by atoms with Crippen molar-refractivity contribution in [3.63, 3.8) is 0 Å². The summed E-state index contributed by atoms with van der Waals surface area (Å²) in [5.41, 5.74) is 35.6. The average Bonchev–Trinajstić information content (AvgIpc) is 3.41. The number of nitrogens with one attached hydrogen (secondary N) is 2. The van der Waals surface area contributed by atoms with Crippen LogP contribution in [0.4, 0.5) is 0 Å². The molecule has 1 aliphatic carbocycles. The summed E-state index contributed by atoms with van der Waals surface area (Å²) in [4.78, 5) is 12.7. The second kappa shape index (κ2) is 19.7. The van der Waals surface area contributed by atoms with E-state index in [1.807, 2.05) is 0 Å². The Balaban J connectivity index is 1.53. The third kappa shape index (κ3) is 10.4. The summed E-state index contributed by atoms with van der Waals surface area (Å²) in [6, 6.07) is -3.99. The van der Waals surface area contributed by atoms with Crippen molar-refractivity contribution in [3.05, 3.63) is 12.2 Å². The fourth-order valence-electron chi connectivity index (χ4n) is 6.51. The smallest absolute Gasteiger partial charge is 0.249 e. The Labute approximate surface area is 295 Å². The van der Waals surface area contributed by atoms with Crippen molar-refractivity contribution in [2.75, 3.05) is 39.3 Å². The molecule has 3 fully saturated rings. The molecule has 0 bridgehead atoms. The molecule has 20 N–H and O–H groups in total. The molecular formula is C30H58N8O13. The summed E-state index contributed by atoms with van der Waals surface area (Å²) < 4.78 is 35.9. The van der Waals surface area contributed by atoms with Gasteiger partial charge in [0.15, 0.2) is 18.9 Å². The summed E-state index contributed by atoms with van der Waals surface area (Å²) in [6.45, 7) is 0.820. The lowest BCUT2D eigenvalue weighted by Crippen LogP contribution is -2.67. The number of ether oxygens (including phenoxy) is 6. The minimum atomic E-state index is -1.65.